The maximum absolute atomic E-state index is 5.39. The van der Waals surface area contributed by atoms with Crippen LogP contribution in [0.25, 0.3) is 0 Å². The predicted molar refractivity (Wildman–Crippen MR) is 90.7 cm³/mol. The van der Waals surface area contributed by atoms with E-state index >= 15 is 0 Å². The summed E-state index contributed by atoms with van der Waals surface area (Å²) < 4.78 is 10.7. The van der Waals surface area contributed by atoms with E-state index in [1.807, 2.05) is 6.07 Å². The van der Waals surface area contributed by atoms with Crippen molar-refractivity contribution in [1.29, 1.82) is 0 Å². The second-order valence-electron chi connectivity index (χ2n) is 6.27. The Balaban J connectivity index is 1.87. The molecule has 0 amide bonds. The van der Waals surface area contributed by atoms with E-state index in [2.05, 4.69) is 36.2 Å². The van der Waals surface area contributed by atoms with Crippen LogP contribution in [0.2, 0.25) is 0 Å². The topological polar surface area (TPSA) is 33.7 Å². The molecule has 1 aromatic carbocycles. The first-order valence-corrected chi connectivity index (χ1v) is 8.32. The Morgan fingerprint density at radius 1 is 1.27 bits per heavy atom. The van der Waals surface area contributed by atoms with Crippen molar-refractivity contribution in [2.45, 2.75) is 39.3 Å². The van der Waals surface area contributed by atoms with Crippen LogP contribution in [-0.4, -0.2) is 44.8 Å². The van der Waals surface area contributed by atoms with Crippen molar-refractivity contribution < 1.29 is 9.47 Å². The number of hydrogen-bond donors (Lipinski definition) is 1. The van der Waals surface area contributed by atoms with Gasteiger partial charge in [0.2, 0.25) is 0 Å². The lowest BCUT2D eigenvalue weighted by Gasteiger charge is -2.19. The molecule has 124 valence electrons. The first-order valence-electron chi connectivity index (χ1n) is 8.32. The van der Waals surface area contributed by atoms with E-state index in [4.69, 9.17) is 9.47 Å². The molecule has 0 saturated carbocycles. The monoisotopic (exact) mass is 306 g/mol. The van der Waals surface area contributed by atoms with Gasteiger partial charge in [0.1, 0.15) is 0 Å². The van der Waals surface area contributed by atoms with Gasteiger partial charge < -0.3 is 14.8 Å². The number of ether oxygens (including phenoxy) is 2. The van der Waals surface area contributed by atoms with E-state index in [9.17, 15) is 0 Å². The highest BCUT2D eigenvalue weighted by Crippen LogP contribution is 2.29. The second-order valence-corrected chi connectivity index (χ2v) is 6.27. The Labute approximate surface area is 134 Å². The molecule has 1 aliphatic rings. The highest BCUT2D eigenvalue weighted by Gasteiger charge is 2.24. The molecule has 4 heteroatoms. The zero-order chi connectivity index (χ0) is 15.9. The summed E-state index contributed by atoms with van der Waals surface area (Å²) >= 11 is 0. The lowest BCUT2D eigenvalue weighted by atomic mass is 10.0. The third-order valence-corrected chi connectivity index (χ3v) is 4.46. The van der Waals surface area contributed by atoms with Crippen LogP contribution >= 0.6 is 0 Å². The Morgan fingerprint density at radius 2 is 2.05 bits per heavy atom. The van der Waals surface area contributed by atoms with E-state index in [0.29, 0.717) is 6.04 Å². The van der Waals surface area contributed by atoms with Crippen LogP contribution in [0.15, 0.2) is 18.2 Å². The standard InChI is InChI=1S/C18H30N2O2/c1-5-19-14(2)10-16-8-9-20(13-16)12-15-6-7-17(21-3)18(11-15)22-4/h6-7,11,14,16,19H,5,8-10,12-13H2,1-4H3. The lowest BCUT2D eigenvalue weighted by Crippen LogP contribution is -2.29. The average Bonchev–Trinajstić information content (AvgIpc) is 2.94. The average molecular weight is 306 g/mol. The summed E-state index contributed by atoms with van der Waals surface area (Å²) in [7, 11) is 3.36. The van der Waals surface area contributed by atoms with E-state index < -0.39 is 0 Å². The molecule has 0 radical (unpaired) electrons. The largest absolute Gasteiger partial charge is 0.493 e. The molecule has 1 N–H and O–H groups in total. The van der Waals surface area contributed by atoms with E-state index in [0.717, 1.165) is 30.5 Å². The Morgan fingerprint density at radius 3 is 2.73 bits per heavy atom. The third-order valence-electron chi connectivity index (χ3n) is 4.46. The molecule has 1 fully saturated rings. The van der Waals surface area contributed by atoms with Gasteiger partial charge in [0.05, 0.1) is 14.2 Å². The Kier molecular flexibility index (Phi) is 6.52. The molecular weight excluding hydrogens is 276 g/mol. The van der Waals surface area contributed by atoms with E-state index in [-0.39, 0.29) is 0 Å². The number of nitrogens with one attached hydrogen (secondary N) is 1. The van der Waals surface area contributed by atoms with Gasteiger partial charge in [-0.15, -0.1) is 0 Å². The molecule has 0 bridgehead atoms. The van der Waals surface area contributed by atoms with Gasteiger partial charge in [-0.05, 0) is 56.5 Å². The smallest absolute Gasteiger partial charge is 0.161 e. The summed E-state index contributed by atoms with van der Waals surface area (Å²) in [6.45, 7) is 8.91. The number of hydrogen-bond acceptors (Lipinski definition) is 4. The molecule has 1 aliphatic heterocycles. The fourth-order valence-corrected chi connectivity index (χ4v) is 3.42. The molecular formula is C18H30N2O2. The molecule has 1 heterocycles. The summed E-state index contributed by atoms with van der Waals surface area (Å²) in [6, 6.07) is 6.84. The van der Waals surface area contributed by atoms with Crippen LogP contribution in [0.5, 0.6) is 11.5 Å². The quantitative estimate of drug-likeness (QED) is 0.801. The predicted octanol–water partition coefficient (Wildman–Crippen LogP) is 2.91. The molecule has 22 heavy (non-hydrogen) atoms. The van der Waals surface area contributed by atoms with Crippen LogP contribution in [0.4, 0.5) is 0 Å². The minimum Gasteiger partial charge on any atom is -0.493 e. The molecule has 2 unspecified atom stereocenters. The number of rotatable bonds is 8. The maximum Gasteiger partial charge on any atom is 0.161 e. The summed E-state index contributed by atoms with van der Waals surface area (Å²) in [6.07, 6.45) is 2.58. The summed E-state index contributed by atoms with van der Waals surface area (Å²) in [5, 5.41) is 3.52. The SMILES string of the molecule is CCNC(C)CC1CCN(Cc2ccc(OC)c(OC)c2)C1. The van der Waals surface area contributed by atoms with Crippen molar-refractivity contribution >= 4 is 0 Å². The zero-order valence-electron chi connectivity index (χ0n) is 14.4. The number of nitrogens with zero attached hydrogens (tertiary/aromatic N) is 1. The molecule has 2 atom stereocenters. The first-order chi connectivity index (χ1) is 10.7. The Hall–Kier alpha value is -1.26. The number of benzene rings is 1. The second kappa shape index (κ2) is 8.39. The van der Waals surface area contributed by atoms with Crippen molar-refractivity contribution in [3.63, 3.8) is 0 Å². The Bertz CT molecular complexity index is 464. The first kappa shape index (κ1) is 17.1. The summed E-state index contributed by atoms with van der Waals surface area (Å²) in [5.41, 5.74) is 1.29. The minimum absolute atomic E-state index is 0.621. The van der Waals surface area contributed by atoms with Gasteiger partial charge in [0.25, 0.3) is 0 Å². The molecule has 0 aliphatic carbocycles. The van der Waals surface area contributed by atoms with Gasteiger partial charge >= 0.3 is 0 Å². The van der Waals surface area contributed by atoms with Crippen molar-refractivity contribution in [2.24, 2.45) is 5.92 Å². The zero-order valence-corrected chi connectivity index (χ0v) is 14.4. The van der Waals surface area contributed by atoms with Crippen LogP contribution in [0.1, 0.15) is 32.3 Å². The van der Waals surface area contributed by atoms with Crippen LogP contribution < -0.4 is 14.8 Å². The third kappa shape index (κ3) is 4.62. The van der Waals surface area contributed by atoms with Gasteiger partial charge in [0.15, 0.2) is 11.5 Å². The van der Waals surface area contributed by atoms with E-state index in [1.165, 1.54) is 31.5 Å². The van der Waals surface area contributed by atoms with Crippen molar-refractivity contribution in [1.82, 2.24) is 10.2 Å². The highest BCUT2D eigenvalue weighted by atomic mass is 16.5. The van der Waals surface area contributed by atoms with Crippen LogP contribution in [0, 0.1) is 5.92 Å². The van der Waals surface area contributed by atoms with E-state index in [1.54, 1.807) is 14.2 Å². The van der Waals surface area contributed by atoms with Crippen molar-refractivity contribution in [2.75, 3.05) is 33.9 Å². The van der Waals surface area contributed by atoms with Crippen LogP contribution in [0.3, 0.4) is 0 Å². The number of likely N-dealkylation sites (tertiary alicyclic amines) is 1. The lowest BCUT2D eigenvalue weighted by molar-refractivity contribution is 0.304. The van der Waals surface area contributed by atoms with Gasteiger partial charge in [-0.3, -0.25) is 4.90 Å². The fourth-order valence-electron chi connectivity index (χ4n) is 3.42. The van der Waals surface area contributed by atoms with Crippen LogP contribution in [-0.2, 0) is 6.54 Å². The minimum atomic E-state index is 0.621. The molecule has 4 nitrogen and oxygen atoms in total. The maximum atomic E-state index is 5.39. The molecule has 0 aromatic heterocycles. The van der Waals surface area contributed by atoms with Gasteiger partial charge in [0, 0.05) is 19.1 Å². The van der Waals surface area contributed by atoms with Gasteiger partial charge in [-0.25, -0.2) is 0 Å². The molecule has 1 aromatic rings. The van der Waals surface area contributed by atoms with Gasteiger partial charge in [-0.1, -0.05) is 13.0 Å². The fraction of sp³-hybridized carbons (Fsp3) is 0.667. The van der Waals surface area contributed by atoms with Gasteiger partial charge in [-0.2, -0.15) is 0 Å². The molecule has 0 spiro atoms. The summed E-state index contributed by atoms with van der Waals surface area (Å²) in [5.74, 6) is 2.43. The number of methoxy groups -OCH3 is 2. The summed E-state index contributed by atoms with van der Waals surface area (Å²) in [4.78, 5) is 2.55. The van der Waals surface area contributed by atoms with Crippen molar-refractivity contribution in [3.8, 4) is 11.5 Å². The molecule has 2 rings (SSSR count). The molecule has 1 saturated heterocycles. The normalized spacial score (nSPS) is 20.1. The van der Waals surface area contributed by atoms with Crippen molar-refractivity contribution in [3.05, 3.63) is 23.8 Å². The highest BCUT2D eigenvalue weighted by molar-refractivity contribution is 5.42.